The molecule has 0 aromatic heterocycles. The third kappa shape index (κ3) is 2.98. The van der Waals surface area contributed by atoms with Gasteiger partial charge in [-0.1, -0.05) is 24.3 Å². The molecule has 0 spiro atoms. The SMILES string of the molecule is COC(=O)C1CC(C)N(S(=O)(=O)c2ccc(C)c(C)c2)c2ccccc21. The van der Waals surface area contributed by atoms with Crippen molar-refractivity contribution in [1.82, 2.24) is 0 Å². The maximum atomic E-state index is 13.4. The van der Waals surface area contributed by atoms with Gasteiger partial charge in [0, 0.05) is 6.04 Å². The predicted molar refractivity (Wildman–Crippen MR) is 101 cm³/mol. The highest BCUT2D eigenvalue weighted by atomic mass is 32.2. The molecule has 2 aromatic rings. The van der Waals surface area contributed by atoms with E-state index in [0.717, 1.165) is 11.1 Å². The van der Waals surface area contributed by atoms with Crippen LogP contribution in [0.1, 0.15) is 36.0 Å². The molecule has 0 aliphatic carbocycles. The Morgan fingerprint density at radius 3 is 2.46 bits per heavy atom. The van der Waals surface area contributed by atoms with Crippen LogP contribution in [0, 0.1) is 13.8 Å². The Labute approximate surface area is 154 Å². The van der Waals surface area contributed by atoms with Gasteiger partial charge in [0.1, 0.15) is 0 Å². The van der Waals surface area contributed by atoms with Gasteiger partial charge in [0.25, 0.3) is 10.0 Å². The van der Waals surface area contributed by atoms with E-state index in [2.05, 4.69) is 0 Å². The fraction of sp³-hybridized carbons (Fsp3) is 0.350. The van der Waals surface area contributed by atoms with Crippen molar-refractivity contribution >= 4 is 21.7 Å². The lowest BCUT2D eigenvalue weighted by molar-refractivity contribution is -0.142. The molecule has 26 heavy (non-hydrogen) atoms. The quantitative estimate of drug-likeness (QED) is 0.772. The number of benzene rings is 2. The van der Waals surface area contributed by atoms with Gasteiger partial charge in [-0.2, -0.15) is 0 Å². The first kappa shape index (κ1) is 18.5. The zero-order chi connectivity index (χ0) is 19.1. The van der Waals surface area contributed by atoms with Crippen molar-refractivity contribution < 1.29 is 17.9 Å². The van der Waals surface area contributed by atoms with Crippen LogP contribution in [0.3, 0.4) is 0 Å². The van der Waals surface area contributed by atoms with Crippen molar-refractivity contribution in [2.24, 2.45) is 0 Å². The zero-order valence-corrected chi connectivity index (χ0v) is 16.2. The molecule has 0 radical (unpaired) electrons. The molecule has 0 fully saturated rings. The minimum atomic E-state index is -3.74. The van der Waals surface area contributed by atoms with Gasteiger partial charge in [0.2, 0.25) is 0 Å². The zero-order valence-electron chi connectivity index (χ0n) is 15.4. The van der Waals surface area contributed by atoms with Crippen molar-refractivity contribution in [2.75, 3.05) is 11.4 Å². The largest absolute Gasteiger partial charge is 0.469 e. The molecule has 1 aliphatic rings. The van der Waals surface area contributed by atoms with E-state index in [1.807, 2.05) is 32.9 Å². The number of sulfonamides is 1. The molecule has 1 aliphatic heterocycles. The second kappa shape index (κ2) is 6.76. The first-order valence-electron chi connectivity index (χ1n) is 8.55. The van der Waals surface area contributed by atoms with Crippen LogP contribution < -0.4 is 4.31 Å². The van der Waals surface area contributed by atoms with Crippen molar-refractivity contribution in [3.05, 3.63) is 59.2 Å². The number of fused-ring (bicyclic) bond motifs is 1. The second-order valence-corrected chi connectivity index (χ2v) is 8.58. The topological polar surface area (TPSA) is 63.7 Å². The number of rotatable bonds is 3. The Bertz CT molecular complexity index is 952. The Morgan fingerprint density at radius 1 is 1.12 bits per heavy atom. The molecule has 0 amide bonds. The fourth-order valence-corrected chi connectivity index (χ4v) is 5.28. The van der Waals surface area contributed by atoms with Crippen LogP contribution >= 0.6 is 0 Å². The Morgan fingerprint density at radius 2 is 1.81 bits per heavy atom. The van der Waals surface area contributed by atoms with E-state index in [9.17, 15) is 13.2 Å². The van der Waals surface area contributed by atoms with Crippen molar-refractivity contribution in [3.63, 3.8) is 0 Å². The van der Waals surface area contributed by atoms with E-state index in [0.29, 0.717) is 17.7 Å². The molecule has 2 unspecified atom stereocenters. The lowest BCUT2D eigenvalue weighted by Crippen LogP contribution is -2.44. The molecule has 3 rings (SSSR count). The number of anilines is 1. The molecule has 6 heteroatoms. The third-order valence-corrected chi connectivity index (χ3v) is 6.97. The summed E-state index contributed by atoms with van der Waals surface area (Å²) in [6.45, 7) is 5.67. The van der Waals surface area contributed by atoms with Gasteiger partial charge < -0.3 is 4.74 Å². The number of ether oxygens (including phenoxy) is 1. The number of hydrogen-bond donors (Lipinski definition) is 0. The fourth-order valence-electron chi connectivity index (χ4n) is 3.50. The normalized spacial score (nSPS) is 19.8. The van der Waals surface area contributed by atoms with Gasteiger partial charge in [-0.3, -0.25) is 9.10 Å². The minimum Gasteiger partial charge on any atom is -0.469 e. The molecule has 0 N–H and O–H groups in total. The lowest BCUT2D eigenvalue weighted by atomic mass is 9.87. The second-order valence-electron chi connectivity index (χ2n) is 6.77. The van der Waals surface area contributed by atoms with Crippen molar-refractivity contribution in [3.8, 4) is 0 Å². The summed E-state index contributed by atoms with van der Waals surface area (Å²) in [6, 6.07) is 11.9. The standard InChI is InChI=1S/C20H23NO4S/c1-13-9-10-16(11-14(13)2)26(23,24)21-15(3)12-18(20(22)25-4)17-7-5-6-8-19(17)21/h5-11,15,18H,12H2,1-4H3. The van der Waals surface area contributed by atoms with E-state index in [1.165, 1.54) is 11.4 Å². The number of methoxy groups -OCH3 is 1. The van der Waals surface area contributed by atoms with Crippen LogP contribution in [0.15, 0.2) is 47.4 Å². The monoisotopic (exact) mass is 373 g/mol. The molecule has 5 nitrogen and oxygen atoms in total. The molecular formula is C20H23NO4S. The van der Waals surface area contributed by atoms with Gasteiger partial charge in [0.15, 0.2) is 0 Å². The summed E-state index contributed by atoms with van der Waals surface area (Å²) < 4.78 is 33.1. The molecule has 2 aromatic carbocycles. The van der Waals surface area contributed by atoms with E-state index in [4.69, 9.17) is 4.74 Å². The first-order chi connectivity index (χ1) is 12.3. The van der Waals surface area contributed by atoms with Crippen LogP contribution in [0.2, 0.25) is 0 Å². The average Bonchev–Trinajstić information content (AvgIpc) is 2.62. The van der Waals surface area contributed by atoms with Crippen LogP contribution in [0.5, 0.6) is 0 Å². The van der Waals surface area contributed by atoms with Crippen molar-refractivity contribution in [1.29, 1.82) is 0 Å². The minimum absolute atomic E-state index is 0.263. The highest BCUT2D eigenvalue weighted by molar-refractivity contribution is 7.92. The maximum Gasteiger partial charge on any atom is 0.313 e. The van der Waals surface area contributed by atoms with Gasteiger partial charge in [0.05, 0.1) is 23.6 Å². The van der Waals surface area contributed by atoms with E-state index < -0.39 is 15.9 Å². The Hall–Kier alpha value is -2.34. The number of carbonyl (C=O) groups excluding carboxylic acids is 1. The van der Waals surface area contributed by atoms with Crippen LogP contribution in [-0.4, -0.2) is 27.5 Å². The number of hydrogen-bond acceptors (Lipinski definition) is 4. The van der Waals surface area contributed by atoms with Gasteiger partial charge in [-0.05, 0) is 62.1 Å². The molecule has 138 valence electrons. The summed E-state index contributed by atoms with van der Waals surface area (Å²) in [7, 11) is -2.38. The molecule has 0 saturated carbocycles. The highest BCUT2D eigenvalue weighted by Gasteiger charge is 2.40. The molecule has 2 atom stereocenters. The van der Waals surface area contributed by atoms with E-state index in [-0.39, 0.29) is 16.9 Å². The average molecular weight is 373 g/mol. The number of para-hydroxylation sites is 1. The summed E-state index contributed by atoms with van der Waals surface area (Å²) in [5.41, 5.74) is 3.20. The third-order valence-electron chi connectivity index (χ3n) is 5.05. The maximum absolute atomic E-state index is 13.4. The number of nitrogens with zero attached hydrogens (tertiary/aromatic N) is 1. The van der Waals surface area contributed by atoms with E-state index in [1.54, 1.807) is 30.3 Å². The van der Waals surface area contributed by atoms with Crippen LogP contribution in [0.25, 0.3) is 0 Å². The lowest BCUT2D eigenvalue weighted by Gasteiger charge is -2.38. The summed E-state index contributed by atoms with van der Waals surface area (Å²) in [5.74, 6) is -0.801. The van der Waals surface area contributed by atoms with Gasteiger partial charge >= 0.3 is 5.97 Å². The molecule has 0 saturated heterocycles. The number of esters is 1. The summed E-state index contributed by atoms with van der Waals surface area (Å²) in [4.78, 5) is 12.5. The molecule has 0 bridgehead atoms. The van der Waals surface area contributed by atoms with Crippen LogP contribution in [0.4, 0.5) is 5.69 Å². The first-order valence-corrected chi connectivity index (χ1v) is 9.99. The number of carbonyl (C=O) groups is 1. The molecular weight excluding hydrogens is 350 g/mol. The Balaban J connectivity index is 2.14. The van der Waals surface area contributed by atoms with Crippen LogP contribution in [-0.2, 0) is 19.6 Å². The summed E-state index contributed by atoms with van der Waals surface area (Å²) in [6.07, 6.45) is 0.383. The van der Waals surface area contributed by atoms with Crippen molar-refractivity contribution in [2.45, 2.75) is 44.0 Å². The van der Waals surface area contributed by atoms with Gasteiger partial charge in [-0.15, -0.1) is 0 Å². The number of aryl methyl sites for hydroxylation is 2. The summed E-state index contributed by atoms with van der Waals surface area (Å²) in [5, 5.41) is 0. The molecule has 1 heterocycles. The highest BCUT2D eigenvalue weighted by Crippen LogP contribution is 2.41. The predicted octanol–water partition coefficient (Wildman–Crippen LogP) is 3.55. The van der Waals surface area contributed by atoms with Gasteiger partial charge in [-0.25, -0.2) is 8.42 Å². The smallest absolute Gasteiger partial charge is 0.313 e. The van der Waals surface area contributed by atoms with E-state index >= 15 is 0 Å². The Kier molecular flexibility index (Phi) is 4.80. The summed E-state index contributed by atoms with van der Waals surface area (Å²) >= 11 is 0.